The van der Waals surface area contributed by atoms with Crippen LogP contribution in [0.15, 0.2) is 33.5 Å². The molecule has 22 heavy (non-hydrogen) atoms. The predicted octanol–water partition coefficient (Wildman–Crippen LogP) is 3.53. The molecule has 0 fully saturated rings. The average molecular weight is 309 g/mol. The highest BCUT2D eigenvalue weighted by atomic mass is 32.1. The summed E-state index contributed by atoms with van der Waals surface area (Å²) in [7, 11) is 0. The Morgan fingerprint density at radius 3 is 2.91 bits per heavy atom. The van der Waals surface area contributed by atoms with E-state index >= 15 is 0 Å². The van der Waals surface area contributed by atoms with Crippen LogP contribution < -0.4 is 5.56 Å². The maximum atomic E-state index is 11.7. The van der Waals surface area contributed by atoms with Crippen LogP contribution in [0.2, 0.25) is 0 Å². The van der Waals surface area contributed by atoms with Crippen LogP contribution in [0.25, 0.3) is 23.1 Å². The molecule has 0 aliphatic carbocycles. The molecule has 0 saturated carbocycles. The lowest BCUT2D eigenvalue weighted by molar-refractivity contribution is 0.578. The lowest BCUT2D eigenvalue weighted by Crippen LogP contribution is -2.13. The Morgan fingerprint density at radius 2 is 2.14 bits per heavy atom. The van der Waals surface area contributed by atoms with E-state index in [9.17, 15) is 4.79 Å². The van der Waals surface area contributed by atoms with Crippen molar-refractivity contribution in [1.29, 1.82) is 5.26 Å². The van der Waals surface area contributed by atoms with Crippen LogP contribution in [0.1, 0.15) is 22.6 Å². The number of nitrogens with zero attached hydrogens (tertiary/aromatic N) is 1. The number of hydrogen-bond donors (Lipinski definition) is 2. The number of hydrogen-bond acceptors (Lipinski definition) is 4. The number of nitriles is 1. The van der Waals surface area contributed by atoms with Crippen LogP contribution in [0, 0.1) is 23.0 Å². The van der Waals surface area contributed by atoms with Gasteiger partial charge < -0.3 is 9.40 Å². The molecule has 0 unspecified atom stereocenters. The highest BCUT2D eigenvalue weighted by Gasteiger charge is 2.06. The first-order valence-corrected chi connectivity index (χ1v) is 6.93. The van der Waals surface area contributed by atoms with Gasteiger partial charge in [0.2, 0.25) is 0 Å². The van der Waals surface area contributed by atoms with Gasteiger partial charge in [0.05, 0.1) is 5.69 Å². The van der Waals surface area contributed by atoms with Crippen LogP contribution in [-0.2, 0) is 0 Å². The molecule has 0 bridgehead atoms. The molecule has 3 aromatic rings. The fourth-order valence-corrected chi connectivity index (χ4v) is 2.47. The number of furan rings is 1. The SMILES string of the molecule is Cc1cc2c(/C=C/c3[nH]c(=S)[nH]c(=O)c3C#N)cccc2o1. The van der Waals surface area contributed by atoms with Gasteiger partial charge in [0.25, 0.3) is 5.56 Å². The minimum absolute atomic E-state index is 0.000370. The molecule has 6 heteroatoms. The van der Waals surface area contributed by atoms with Gasteiger partial charge in [-0.3, -0.25) is 9.78 Å². The standard InChI is InChI=1S/C16H11N3O2S/c1-9-7-11-10(3-2-4-14(11)21-9)5-6-13-12(8-17)15(20)19-16(22)18-13/h2-7H,1H3,(H2,18,19,20,22)/b6-5+. The van der Waals surface area contributed by atoms with Crippen molar-refractivity contribution in [2.45, 2.75) is 6.92 Å². The van der Waals surface area contributed by atoms with Gasteiger partial charge in [0.1, 0.15) is 23.0 Å². The summed E-state index contributed by atoms with van der Waals surface area (Å²) in [5, 5.41) is 10.1. The molecule has 108 valence electrons. The number of nitrogens with one attached hydrogen (secondary N) is 2. The summed E-state index contributed by atoms with van der Waals surface area (Å²) in [6, 6.07) is 9.53. The molecule has 0 radical (unpaired) electrons. The molecule has 2 aromatic heterocycles. The van der Waals surface area contributed by atoms with Crippen molar-refractivity contribution in [3.63, 3.8) is 0 Å². The number of H-pyrrole nitrogens is 2. The van der Waals surface area contributed by atoms with Gasteiger partial charge in [-0.1, -0.05) is 18.2 Å². The summed E-state index contributed by atoms with van der Waals surface area (Å²) in [6.07, 6.45) is 3.48. The Morgan fingerprint density at radius 1 is 1.32 bits per heavy atom. The normalized spacial score (nSPS) is 11.1. The fourth-order valence-electron chi connectivity index (χ4n) is 2.27. The number of fused-ring (bicyclic) bond motifs is 1. The first-order valence-electron chi connectivity index (χ1n) is 6.52. The van der Waals surface area contributed by atoms with E-state index in [4.69, 9.17) is 21.9 Å². The Hall–Kier alpha value is -2.91. The van der Waals surface area contributed by atoms with Gasteiger partial charge in [-0.15, -0.1) is 0 Å². The van der Waals surface area contributed by atoms with E-state index in [2.05, 4.69) is 9.97 Å². The maximum Gasteiger partial charge on any atom is 0.270 e. The van der Waals surface area contributed by atoms with Gasteiger partial charge in [0, 0.05) is 5.39 Å². The summed E-state index contributed by atoms with van der Waals surface area (Å²) < 4.78 is 5.76. The lowest BCUT2D eigenvalue weighted by Gasteiger charge is -1.98. The predicted molar refractivity (Wildman–Crippen MR) is 86.8 cm³/mol. The zero-order valence-corrected chi connectivity index (χ0v) is 12.5. The molecule has 0 amide bonds. The van der Waals surface area contributed by atoms with E-state index in [1.165, 1.54) is 0 Å². The third-order valence-corrected chi connectivity index (χ3v) is 3.44. The minimum Gasteiger partial charge on any atom is -0.461 e. The molecule has 0 aliphatic heterocycles. The molecule has 1 aromatic carbocycles. The van der Waals surface area contributed by atoms with Crippen molar-refractivity contribution in [3.8, 4) is 6.07 Å². The molecule has 5 nitrogen and oxygen atoms in total. The zero-order chi connectivity index (χ0) is 15.7. The Balaban J connectivity index is 2.13. The van der Waals surface area contributed by atoms with Crippen molar-refractivity contribution in [2.24, 2.45) is 0 Å². The number of rotatable bonds is 2. The van der Waals surface area contributed by atoms with Crippen LogP contribution in [0.5, 0.6) is 0 Å². The Bertz CT molecular complexity index is 1050. The van der Waals surface area contributed by atoms with Gasteiger partial charge in [-0.25, -0.2) is 0 Å². The summed E-state index contributed by atoms with van der Waals surface area (Å²) >= 11 is 4.94. The summed E-state index contributed by atoms with van der Waals surface area (Å²) in [5.41, 5.74) is 1.61. The van der Waals surface area contributed by atoms with Crippen molar-refractivity contribution < 1.29 is 4.42 Å². The van der Waals surface area contributed by atoms with Crippen LogP contribution in [0.3, 0.4) is 0 Å². The van der Waals surface area contributed by atoms with E-state index in [0.29, 0.717) is 5.69 Å². The van der Waals surface area contributed by atoms with Gasteiger partial charge in [-0.2, -0.15) is 5.26 Å². The second-order valence-electron chi connectivity index (χ2n) is 4.76. The topological polar surface area (TPSA) is 85.6 Å². The smallest absolute Gasteiger partial charge is 0.270 e. The van der Waals surface area contributed by atoms with E-state index < -0.39 is 5.56 Å². The zero-order valence-electron chi connectivity index (χ0n) is 11.6. The number of benzene rings is 1. The third kappa shape index (κ3) is 2.50. The van der Waals surface area contributed by atoms with E-state index in [1.807, 2.05) is 43.3 Å². The molecule has 0 aliphatic rings. The maximum absolute atomic E-state index is 11.7. The highest BCUT2D eigenvalue weighted by Crippen LogP contribution is 2.24. The molecule has 0 spiro atoms. The van der Waals surface area contributed by atoms with Crippen molar-refractivity contribution in [2.75, 3.05) is 0 Å². The van der Waals surface area contributed by atoms with E-state index in [-0.39, 0.29) is 10.3 Å². The molecule has 0 atom stereocenters. The van der Waals surface area contributed by atoms with Crippen molar-refractivity contribution in [3.05, 3.63) is 62.0 Å². The van der Waals surface area contributed by atoms with E-state index in [1.54, 1.807) is 6.08 Å². The summed E-state index contributed by atoms with van der Waals surface area (Å²) in [6.45, 7) is 1.88. The van der Waals surface area contributed by atoms with Crippen molar-refractivity contribution in [1.82, 2.24) is 9.97 Å². The lowest BCUT2D eigenvalue weighted by atomic mass is 10.1. The molecular weight excluding hydrogens is 298 g/mol. The van der Waals surface area contributed by atoms with Gasteiger partial charge in [-0.05, 0) is 42.9 Å². The second kappa shape index (κ2) is 5.47. The second-order valence-corrected chi connectivity index (χ2v) is 5.17. The molecule has 2 N–H and O–H groups in total. The third-order valence-electron chi connectivity index (χ3n) is 3.23. The van der Waals surface area contributed by atoms with Gasteiger partial charge >= 0.3 is 0 Å². The Labute approximate surface area is 130 Å². The molecule has 2 heterocycles. The Kier molecular flexibility index (Phi) is 3.49. The molecule has 0 saturated heterocycles. The van der Waals surface area contributed by atoms with Crippen molar-refractivity contribution >= 4 is 35.3 Å². The summed E-state index contributed by atoms with van der Waals surface area (Å²) in [5.74, 6) is 0.823. The summed E-state index contributed by atoms with van der Waals surface area (Å²) in [4.78, 5) is 16.9. The van der Waals surface area contributed by atoms with E-state index in [0.717, 1.165) is 22.3 Å². The largest absolute Gasteiger partial charge is 0.461 e. The first-order chi connectivity index (χ1) is 10.6. The number of aromatic amines is 2. The first kappa shape index (κ1) is 14.0. The van der Waals surface area contributed by atoms with Crippen LogP contribution >= 0.6 is 12.2 Å². The van der Waals surface area contributed by atoms with Crippen LogP contribution in [0.4, 0.5) is 0 Å². The number of aryl methyl sites for hydroxylation is 1. The highest BCUT2D eigenvalue weighted by molar-refractivity contribution is 7.71. The minimum atomic E-state index is -0.497. The molecular formula is C16H11N3O2S. The quantitative estimate of drug-likeness (QED) is 0.709. The monoisotopic (exact) mass is 309 g/mol. The van der Waals surface area contributed by atoms with Crippen LogP contribution in [-0.4, -0.2) is 9.97 Å². The van der Waals surface area contributed by atoms with Gasteiger partial charge in [0.15, 0.2) is 4.77 Å². The molecule has 3 rings (SSSR count). The fraction of sp³-hybridized carbons (Fsp3) is 0.0625. The number of aromatic nitrogens is 2. The average Bonchev–Trinajstić information content (AvgIpc) is 2.85.